The van der Waals surface area contributed by atoms with Gasteiger partial charge in [-0.2, -0.15) is 0 Å². The van der Waals surface area contributed by atoms with Crippen LogP contribution in [0.4, 0.5) is 5.69 Å². The Labute approximate surface area is 102 Å². The van der Waals surface area contributed by atoms with Crippen molar-refractivity contribution in [1.29, 1.82) is 0 Å². The molecule has 1 aromatic rings. The number of piperidine rings is 1. The molecular formula is C13H18ClNO. The van der Waals surface area contributed by atoms with Crippen molar-refractivity contribution < 1.29 is 5.11 Å². The van der Waals surface area contributed by atoms with Gasteiger partial charge in [0, 0.05) is 30.4 Å². The minimum atomic E-state index is 0.295. The Balaban J connectivity index is 2.16. The Kier molecular flexibility index (Phi) is 3.72. The molecule has 1 unspecified atom stereocenters. The summed E-state index contributed by atoms with van der Waals surface area (Å²) in [5.74, 6) is 0.420. The van der Waals surface area contributed by atoms with Gasteiger partial charge in [-0.05, 0) is 49.4 Å². The lowest BCUT2D eigenvalue weighted by Crippen LogP contribution is -2.37. The van der Waals surface area contributed by atoms with Crippen molar-refractivity contribution in [2.24, 2.45) is 5.92 Å². The number of hydrogen-bond acceptors (Lipinski definition) is 2. The smallest absolute Gasteiger partial charge is 0.0476 e. The predicted molar refractivity (Wildman–Crippen MR) is 68.2 cm³/mol. The first-order valence-electron chi connectivity index (χ1n) is 5.82. The third-order valence-electron chi connectivity index (χ3n) is 3.28. The van der Waals surface area contributed by atoms with Gasteiger partial charge in [0.1, 0.15) is 0 Å². The topological polar surface area (TPSA) is 23.5 Å². The van der Waals surface area contributed by atoms with Gasteiger partial charge in [-0.15, -0.1) is 0 Å². The zero-order valence-electron chi connectivity index (χ0n) is 9.62. The molecule has 0 bridgehead atoms. The minimum absolute atomic E-state index is 0.295. The van der Waals surface area contributed by atoms with Crippen LogP contribution in [0, 0.1) is 12.8 Å². The zero-order valence-corrected chi connectivity index (χ0v) is 10.4. The summed E-state index contributed by atoms with van der Waals surface area (Å²) in [6, 6.07) is 6.02. The first kappa shape index (κ1) is 11.7. The molecule has 0 spiro atoms. The highest BCUT2D eigenvalue weighted by molar-refractivity contribution is 6.30. The average molecular weight is 240 g/mol. The maximum atomic E-state index is 9.22. The second-order valence-electron chi connectivity index (χ2n) is 4.57. The van der Waals surface area contributed by atoms with Crippen molar-refractivity contribution in [3.63, 3.8) is 0 Å². The predicted octanol–water partition coefficient (Wildman–Crippen LogP) is 2.86. The quantitative estimate of drug-likeness (QED) is 0.858. The molecule has 1 aliphatic heterocycles. The van der Waals surface area contributed by atoms with E-state index in [9.17, 15) is 5.11 Å². The van der Waals surface area contributed by atoms with Gasteiger partial charge in [0.05, 0.1) is 0 Å². The fourth-order valence-electron chi connectivity index (χ4n) is 2.41. The Morgan fingerprint density at radius 2 is 2.31 bits per heavy atom. The van der Waals surface area contributed by atoms with E-state index in [0.29, 0.717) is 12.5 Å². The summed E-state index contributed by atoms with van der Waals surface area (Å²) in [6.45, 7) is 4.42. The maximum Gasteiger partial charge on any atom is 0.0476 e. The molecule has 0 amide bonds. The highest BCUT2D eigenvalue weighted by atomic mass is 35.5. The van der Waals surface area contributed by atoms with Gasteiger partial charge in [-0.25, -0.2) is 0 Å². The number of anilines is 1. The van der Waals surface area contributed by atoms with Gasteiger partial charge in [-0.3, -0.25) is 0 Å². The van der Waals surface area contributed by atoms with Crippen LogP contribution in [0.1, 0.15) is 18.4 Å². The molecule has 1 atom stereocenters. The zero-order chi connectivity index (χ0) is 11.5. The fourth-order valence-corrected chi connectivity index (χ4v) is 2.63. The summed E-state index contributed by atoms with van der Waals surface area (Å²) in [4.78, 5) is 2.36. The summed E-state index contributed by atoms with van der Waals surface area (Å²) in [6.07, 6.45) is 2.30. The van der Waals surface area contributed by atoms with Crippen LogP contribution in [0.5, 0.6) is 0 Å². The number of aryl methyl sites for hydroxylation is 1. The third-order valence-corrected chi connectivity index (χ3v) is 3.51. The van der Waals surface area contributed by atoms with E-state index in [1.807, 2.05) is 12.1 Å². The normalized spacial score (nSPS) is 21.2. The van der Waals surface area contributed by atoms with Crippen molar-refractivity contribution in [1.82, 2.24) is 0 Å². The molecule has 1 saturated heterocycles. The molecule has 0 saturated carbocycles. The number of rotatable bonds is 2. The van der Waals surface area contributed by atoms with Crippen molar-refractivity contribution >= 4 is 17.3 Å². The molecule has 1 heterocycles. The molecule has 16 heavy (non-hydrogen) atoms. The molecule has 3 heteroatoms. The van der Waals surface area contributed by atoms with E-state index in [1.165, 1.54) is 11.3 Å². The van der Waals surface area contributed by atoms with Gasteiger partial charge in [0.25, 0.3) is 0 Å². The molecule has 0 aliphatic carbocycles. The van der Waals surface area contributed by atoms with Crippen LogP contribution in [-0.4, -0.2) is 24.8 Å². The molecule has 2 nitrogen and oxygen atoms in total. The lowest BCUT2D eigenvalue weighted by atomic mass is 9.98. The van der Waals surface area contributed by atoms with E-state index in [2.05, 4.69) is 17.9 Å². The number of nitrogens with zero attached hydrogens (tertiary/aromatic N) is 1. The van der Waals surface area contributed by atoms with E-state index in [-0.39, 0.29) is 0 Å². The van der Waals surface area contributed by atoms with E-state index >= 15 is 0 Å². The standard InChI is InChI=1S/C13H18ClNO/c1-10-7-12(14)4-5-13(10)15-6-2-3-11(8-15)9-16/h4-5,7,11,16H,2-3,6,8-9H2,1H3. The highest BCUT2D eigenvalue weighted by Gasteiger charge is 2.20. The van der Waals surface area contributed by atoms with Gasteiger partial charge in [0.2, 0.25) is 0 Å². The monoisotopic (exact) mass is 239 g/mol. The largest absolute Gasteiger partial charge is 0.396 e. The second kappa shape index (κ2) is 5.07. The maximum absolute atomic E-state index is 9.22. The minimum Gasteiger partial charge on any atom is -0.396 e. The molecule has 88 valence electrons. The molecule has 1 N–H and O–H groups in total. The summed E-state index contributed by atoms with van der Waals surface area (Å²) in [7, 11) is 0. The fraction of sp³-hybridized carbons (Fsp3) is 0.538. The third kappa shape index (κ3) is 2.50. The Morgan fingerprint density at radius 1 is 1.50 bits per heavy atom. The van der Waals surface area contributed by atoms with Crippen molar-refractivity contribution in [3.05, 3.63) is 28.8 Å². The molecule has 1 fully saturated rings. The van der Waals surface area contributed by atoms with Crippen LogP contribution >= 0.6 is 11.6 Å². The number of halogens is 1. The van der Waals surface area contributed by atoms with Gasteiger partial charge >= 0.3 is 0 Å². The summed E-state index contributed by atoms with van der Waals surface area (Å²) < 4.78 is 0. The number of aliphatic hydroxyl groups excluding tert-OH is 1. The Bertz CT molecular complexity index is 367. The lowest BCUT2D eigenvalue weighted by Gasteiger charge is -2.34. The molecule has 2 rings (SSSR count). The van der Waals surface area contributed by atoms with Crippen molar-refractivity contribution in [2.75, 3.05) is 24.6 Å². The first-order valence-corrected chi connectivity index (χ1v) is 6.20. The molecule has 1 aliphatic rings. The Morgan fingerprint density at radius 3 is 3.00 bits per heavy atom. The van der Waals surface area contributed by atoms with Crippen LogP contribution in [0.2, 0.25) is 5.02 Å². The molecule has 1 aromatic carbocycles. The van der Waals surface area contributed by atoms with Crippen LogP contribution in [0.15, 0.2) is 18.2 Å². The van der Waals surface area contributed by atoms with E-state index in [1.54, 1.807) is 0 Å². The van der Waals surface area contributed by atoms with Crippen LogP contribution in [-0.2, 0) is 0 Å². The van der Waals surface area contributed by atoms with Crippen molar-refractivity contribution in [2.45, 2.75) is 19.8 Å². The van der Waals surface area contributed by atoms with Gasteiger partial charge in [-0.1, -0.05) is 11.6 Å². The van der Waals surface area contributed by atoms with E-state index < -0.39 is 0 Å². The number of hydrogen-bond donors (Lipinski definition) is 1. The lowest BCUT2D eigenvalue weighted by molar-refractivity contribution is 0.208. The summed E-state index contributed by atoms with van der Waals surface area (Å²) in [5.41, 5.74) is 2.47. The molecular weight excluding hydrogens is 222 g/mol. The first-order chi connectivity index (χ1) is 7.70. The van der Waals surface area contributed by atoms with Gasteiger partial charge in [0.15, 0.2) is 0 Å². The second-order valence-corrected chi connectivity index (χ2v) is 5.00. The average Bonchev–Trinajstić information content (AvgIpc) is 2.29. The van der Waals surface area contributed by atoms with Crippen LogP contribution in [0.3, 0.4) is 0 Å². The summed E-state index contributed by atoms with van der Waals surface area (Å²) >= 11 is 5.95. The Hall–Kier alpha value is -0.730. The molecule has 0 aromatic heterocycles. The molecule has 0 radical (unpaired) electrons. The number of aliphatic hydroxyl groups is 1. The van der Waals surface area contributed by atoms with E-state index in [0.717, 1.165) is 31.0 Å². The van der Waals surface area contributed by atoms with E-state index in [4.69, 9.17) is 11.6 Å². The SMILES string of the molecule is Cc1cc(Cl)ccc1N1CCCC(CO)C1. The van der Waals surface area contributed by atoms with Gasteiger partial charge < -0.3 is 10.0 Å². The summed E-state index contributed by atoms with van der Waals surface area (Å²) in [5, 5.41) is 10.0. The number of benzene rings is 1. The highest BCUT2D eigenvalue weighted by Crippen LogP contribution is 2.27. The van der Waals surface area contributed by atoms with Crippen LogP contribution < -0.4 is 4.90 Å². The van der Waals surface area contributed by atoms with Crippen LogP contribution in [0.25, 0.3) is 0 Å². The van der Waals surface area contributed by atoms with Crippen molar-refractivity contribution in [3.8, 4) is 0 Å².